The van der Waals surface area contributed by atoms with Crippen molar-refractivity contribution in [1.82, 2.24) is 4.90 Å². The number of carboxylic acids is 1. The number of halogens is 2. The molecule has 1 saturated heterocycles. The molecule has 1 aliphatic heterocycles. The minimum Gasteiger partial charge on any atom is -0.481 e. The third kappa shape index (κ3) is 4.50. The van der Waals surface area contributed by atoms with Gasteiger partial charge in [-0.25, -0.2) is 4.39 Å². The molecule has 1 fully saturated rings. The second-order valence-electron chi connectivity index (χ2n) is 4.86. The van der Waals surface area contributed by atoms with Gasteiger partial charge >= 0.3 is 5.97 Å². The van der Waals surface area contributed by atoms with Crippen LogP contribution in [0, 0.1) is 5.82 Å². The number of ether oxygens (including phenoxy) is 1. The molecule has 0 bridgehead atoms. The molecular formula is C14H15BrFNO4. The minimum absolute atomic E-state index is 0.118. The van der Waals surface area contributed by atoms with E-state index in [9.17, 15) is 14.0 Å². The predicted molar refractivity (Wildman–Crippen MR) is 76.4 cm³/mol. The summed E-state index contributed by atoms with van der Waals surface area (Å²) in [6.07, 6.45) is -0.440. The van der Waals surface area contributed by atoms with Gasteiger partial charge in [-0.3, -0.25) is 9.59 Å². The van der Waals surface area contributed by atoms with Gasteiger partial charge in [-0.1, -0.05) is 6.07 Å². The lowest BCUT2D eigenvalue weighted by Gasteiger charge is -2.32. The fraction of sp³-hybridized carbons (Fsp3) is 0.429. The van der Waals surface area contributed by atoms with Crippen LogP contribution in [0.3, 0.4) is 0 Å². The second kappa shape index (κ2) is 7.00. The van der Waals surface area contributed by atoms with Crippen molar-refractivity contribution in [3.8, 4) is 0 Å². The summed E-state index contributed by atoms with van der Waals surface area (Å²) in [4.78, 5) is 24.5. The summed E-state index contributed by atoms with van der Waals surface area (Å²) in [7, 11) is 0. The van der Waals surface area contributed by atoms with Gasteiger partial charge < -0.3 is 14.7 Å². The average molecular weight is 360 g/mol. The molecule has 2 rings (SSSR count). The number of aliphatic carboxylic acids is 1. The summed E-state index contributed by atoms with van der Waals surface area (Å²) in [5, 5.41) is 8.76. The standard InChI is InChI=1S/C14H15BrFNO4/c15-11-5-9(1-2-12(11)16)6-13(18)17-3-4-21-10(8-17)7-14(19)20/h1-2,5,10H,3-4,6-8H2,(H,19,20)/t10-/m1/s1. The number of rotatable bonds is 4. The van der Waals surface area contributed by atoms with E-state index in [-0.39, 0.29) is 31.1 Å². The number of morpholine rings is 1. The number of carbonyl (C=O) groups excluding carboxylic acids is 1. The summed E-state index contributed by atoms with van der Waals surface area (Å²) in [5.41, 5.74) is 0.703. The molecule has 0 aromatic heterocycles. The van der Waals surface area contributed by atoms with Crippen LogP contribution >= 0.6 is 15.9 Å². The zero-order valence-corrected chi connectivity index (χ0v) is 12.8. The Kier molecular flexibility index (Phi) is 5.30. The molecule has 0 spiro atoms. The van der Waals surface area contributed by atoms with E-state index in [0.717, 1.165) is 0 Å². The molecular weight excluding hydrogens is 345 g/mol. The first-order valence-electron chi connectivity index (χ1n) is 6.51. The molecule has 0 unspecified atom stereocenters. The Balaban J connectivity index is 1.96. The number of hydrogen-bond acceptors (Lipinski definition) is 3. The summed E-state index contributed by atoms with van der Waals surface area (Å²) in [5.74, 6) is -1.44. The van der Waals surface area contributed by atoms with E-state index in [0.29, 0.717) is 23.2 Å². The van der Waals surface area contributed by atoms with Crippen molar-refractivity contribution in [3.05, 3.63) is 34.1 Å². The predicted octanol–water partition coefficient (Wildman–Crippen LogP) is 1.83. The Labute approximate surface area is 129 Å². The number of amides is 1. The van der Waals surface area contributed by atoms with E-state index in [1.807, 2.05) is 0 Å². The van der Waals surface area contributed by atoms with Crippen molar-refractivity contribution in [1.29, 1.82) is 0 Å². The number of benzene rings is 1. The van der Waals surface area contributed by atoms with Crippen LogP contribution < -0.4 is 0 Å². The van der Waals surface area contributed by atoms with Crippen LogP contribution in [0.4, 0.5) is 4.39 Å². The molecule has 114 valence electrons. The zero-order valence-electron chi connectivity index (χ0n) is 11.2. The van der Waals surface area contributed by atoms with Crippen LogP contribution in [-0.4, -0.2) is 47.7 Å². The van der Waals surface area contributed by atoms with E-state index >= 15 is 0 Å². The van der Waals surface area contributed by atoms with E-state index in [2.05, 4.69) is 15.9 Å². The van der Waals surface area contributed by atoms with E-state index < -0.39 is 12.1 Å². The monoisotopic (exact) mass is 359 g/mol. The van der Waals surface area contributed by atoms with E-state index in [1.54, 1.807) is 17.0 Å². The first-order valence-corrected chi connectivity index (χ1v) is 7.30. The molecule has 1 N–H and O–H groups in total. The van der Waals surface area contributed by atoms with Gasteiger partial charge in [0.25, 0.3) is 0 Å². The van der Waals surface area contributed by atoms with Gasteiger partial charge in [-0.2, -0.15) is 0 Å². The quantitative estimate of drug-likeness (QED) is 0.890. The highest BCUT2D eigenvalue weighted by Gasteiger charge is 2.25. The minimum atomic E-state index is -0.947. The van der Waals surface area contributed by atoms with Crippen LogP contribution in [0.5, 0.6) is 0 Å². The van der Waals surface area contributed by atoms with Crippen molar-refractivity contribution < 1.29 is 23.8 Å². The highest BCUT2D eigenvalue weighted by Crippen LogP contribution is 2.18. The summed E-state index contributed by atoms with van der Waals surface area (Å²) in [6, 6.07) is 4.44. The van der Waals surface area contributed by atoms with Crippen molar-refractivity contribution >= 4 is 27.8 Å². The summed E-state index contributed by atoms with van der Waals surface area (Å²) < 4.78 is 18.8. The van der Waals surface area contributed by atoms with Crippen molar-refractivity contribution in [3.63, 3.8) is 0 Å². The molecule has 0 aliphatic carbocycles. The number of hydrogen-bond donors (Lipinski definition) is 1. The van der Waals surface area contributed by atoms with Crippen LogP contribution in [0.2, 0.25) is 0 Å². The molecule has 1 atom stereocenters. The Morgan fingerprint density at radius 1 is 1.48 bits per heavy atom. The van der Waals surface area contributed by atoms with Crippen molar-refractivity contribution in [2.45, 2.75) is 18.9 Å². The van der Waals surface area contributed by atoms with Gasteiger partial charge in [0.15, 0.2) is 0 Å². The highest BCUT2D eigenvalue weighted by molar-refractivity contribution is 9.10. The first kappa shape index (κ1) is 15.9. The Bertz CT molecular complexity index is 552. The Morgan fingerprint density at radius 3 is 2.90 bits per heavy atom. The lowest BCUT2D eigenvalue weighted by molar-refractivity contribution is -0.147. The van der Waals surface area contributed by atoms with Gasteiger partial charge in [0.2, 0.25) is 5.91 Å². The normalized spacial score (nSPS) is 18.6. The average Bonchev–Trinajstić information content (AvgIpc) is 2.42. The Morgan fingerprint density at radius 2 is 2.24 bits per heavy atom. The molecule has 1 aromatic carbocycles. The highest BCUT2D eigenvalue weighted by atomic mass is 79.9. The van der Waals surface area contributed by atoms with Crippen LogP contribution in [0.1, 0.15) is 12.0 Å². The lowest BCUT2D eigenvalue weighted by Crippen LogP contribution is -2.46. The SMILES string of the molecule is O=C(O)C[C@@H]1CN(C(=O)Cc2ccc(F)c(Br)c2)CCO1. The maximum atomic E-state index is 13.1. The van der Waals surface area contributed by atoms with Gasteiger partial charge in [-0.05, 0) is 33.6 Å². The summed E-state index contributed by atoms with van der Waals surface area (Å²) >= 11 is 3.08. The topological polar surface area (TPSA) is 66.8 Å². The van der Waals surface area contributed by atoms with Gasteiger partial charge in [0, 0.05) is 13.1 Å². The summed E-state index contributed by atoms with van der Waals surface area (Å²) in [6.45, 7) is 1.04. The smallest absolute Gasteiger partial charge is 0.306 e. The zero-order chi connectivity index (χ0) is 15.4. The largest absolute Gasteiger partial charge is 0.481 e. The number of nitrogens with zero attached hydrogens (tertiary/aromatic N) is 1. The maximum absolute atomic E-state index is 13.1. The first-order chi connectivity index (χ1) is 9.95. The van der Waals surface area contributed by atoms with Gasteiger partial charge in [-0.15, -0.1) is 0 Å². The molecule has 7 heteroatoms. The van der Waals surface area contributed by atoms with Crippen LogP contribution in [0.25, 0.3) is 0 Å². The molecule has 0 saturated carbocycles. The maximum Gasteiger partial charge on any atom is 0.306 e. The van der Waals surface area contributed by atoms with E-state index in [1.165, 1.54) is 6.07 Å². The molecule has 1 aliphatic rings. The molecule has 1 aromatic rings. The van der Waals surface area contributed by atoms with Gasteiger partial charge in [0.05, 0.1) is 30.0 Å². The molecule has 21 heavy (non-hydrogen) atoms. The fourth-order valence-electron chi connectivity index (χ4n) is 2.20. The molecule has 1 amide bonds. The third-order valence-electron chi connectivity index (χ3n) is 3.23. The van der Waals surface area contributed by atoms with E-state index in [4.69, 9.17) is 9.84 Å². The molecule has 1 heterocycles. The van der Waals surface area contributed by atoms with Gasteiger partial charge in [0.1, 0.15) is 5.82 Å². The third-order valence-corrected chi connectivity index (χ3v) is 3.84. The lowest BCUT2D eigenvalue weighted by atomic mass is 10.1. The molecule has 5 nitrogen and oxygen atoms in total. The molecule has 0 radical (unpaired) electrons. The van der Waals surface area contributed by atoms with Crippen molar-refractivity contribution in [2.24, 2.45) is 0 Å². The fourth-order valence-corrected chi connectivity index (χ4v) is 2.63. The number of carbonyl (C=O) groups is 2. The number of carboxylic acid groups (broad SMARTS) is 1. The second-order valence-corrected chi connectivity index (χ2v) is 5.71. The Hall–Kier alpha value is -1.47. The van der Waals surface area contributed by atoms with Crippen LogP contribution in [0.15, 0.2) is 22.7 Å². The van der Waals surface area contributed by atoms with Crippen LogP contribution in [-0.2, 0) is 20.7 Å². The van der Waals surface area contributed by atoms with Crippen molar-refractivity contribution in [2.75, 3.05) is 19.7 Å².